The molecule has 0 aromatic heterocycles. The normalized spacial score (nSPS) is 12.7. The van der Waals surface area contributed by atoms with E-state index in [0.717, 1.165) is 31.4 Å². The van der Waals surface area contributed by atoms with E-state index in [0.29, 0.717) is 17.0 Å². The average molecular weight is 299 g/mol. The summed E-state index contributed by atoms with van der Waals surface area (Å²) in [6.45, 7) is 7.48. The smallest absolute Gasteiger partial charge is 0.270 e. The van der Waals surface area contributed by atoms with E-state index in [-0.39, 0.29) is 5.69 Å². The van der Waals surface area contributed by atoms with Crippen LogP contribution in [0, 0.1) is 16.0 Å². The van der Waals surface area contributed by atoms with Crippen LogP contribution >= 0.6 is 11.6 Å². The van der Waals surface area contributed by atoms with Crippen LogP contribution in [0.1, 0.15) is 39.2 Å². The zero-order valence-corrected chi connectivity index (χ0v) is 13.1. The number of nitrogens with one attached hydrogen (secondary N) is 1. The van der Waals surface area contributed by atoms with Gasteiger partial charge in [-0.05, 0) is 37.3 Å². The highest BCUT2D eigenvalue weighted by Gasteiger charge is 2.13. The van der Waals surface area contributed by atoms with Gasteiger partial charge in [0.05, 0.1) is 9.95 Å². The second kappa shape index (κ2) is 8.22. The lowest BCUT2D eigenvalue weighted by Crippen LogP contribution is -2.30. The predicted molar refractivity (Wildman–Crippen MR) is 83.3 cm³/mol. The Bertz CT molecular complexity index is 449. The first-order valence-electron chi connectivity index (χ1n) is 7.10. The van der Waals surface area contributed by atoms with E-state index in [1.807, 2.05) is 0 Å². The second-order valence-corrected chi connectivity index (χ2v) is 5.86. The van der Waals surface area contributed by atoms with Gasteiger partial charge in [0, 0.05) is 18.2 Å². The van der Waals surface area contributed by atoms with Crippen molar-refractivity contribution in [2.75, 3.05) is 6.54 Å². The molecule has 1 aromatic carbocycles. The summed E-state index contributed by atoms with van der Waals surface area (Å²) in [4.78, 5) is 10.3. The van der Waals surface area contributed by atoms with Crippen molar-refractivity contribution in [3.8, 4) is 0 Å². The molecule has 1 N–H and O–H groups in total. The topological polar surface area (TPSA) is 55.2 Å². The number of aryl methyl sites for hydroxylation is 1. The first-order valence-corrected chi connectivity index (χ1v) is 7.48. The minimum Gasteiger partial charge on any atom is -0.314 e. The van der Waals surface area contributed by atoms with E-state index in [2.05, 4.69) is 26.1 Å². The quantitative estimate of drug-likeness (QED) is 0.578. The van der Waals surface area contributed by atoms with Crippen LogP contribution in [0.15, 0.2) is 18.2 Å². The van der Waals surface area contributed by atoms with Gasteiger partial charge in [0.25, 0.3) is 5.69 Å². The highest BCUT2D eigenvalue weighted by Crippen LogP contribution is 2.24. The molecule has 0 aliphatic rings. The van der Waals surface area contributed by atoms with Crippen molar-refractivity contribution < 1.29 is 4.92 Å². The Morgan fingerprint density at radius 3 is 2.60 bits per heavy atom. The van der Waals surface area contributed by atoms with Crippen molar-refractivity contribution in [2.45, 2.75) is 46.1 Å². The monoisotopic (exact) mass is 298 g/mol. The summed E-state index contributed by atoms with van der Waals surface area (Å²) in [6.07, 6.45) is 2.95. The Balaban J connectivity index is 2.65. The van der Waals surface area contributed by atoms with Gasteiger partial charge in [0.2, 0.25) is 0 Å². The molecule has 0 bridgehead atoms. The molecule has 0 amide bonds. The largest absolute Gasteiger partial charge is 0.314 e. The summed E-state index contributed by atoms with van der Waals surface area (Å²) in [6, 6.07) is 5.18. The Morgan fingerprint density at radius 1 is 1.40 bits per heavy atom. The van der Waals surface area contributed by atoms with Crippen LogP contribution in [-0.4, -0.2) is 17.5 Å². The highest BCUT2D eigenvalue weighted by molar-refractivity contribution is 6.31. The Morgan fingerprint density at radius 2 is 2.10 bits per heavy atom. The third-order valence-corrected chi connectivity index (χ3v) is 3.61. The Labute approximate surface area is 125 Å². The summed E-state index contributed by atoms with van der Waals surface area (Å²) in [5.41, 5.74) is 1.02. The lowest BCUT2D eigenvalue weighted by atomic mass is 9.97. The molecule has 1 atom stereocenters. The van der Waals surface area contributed by atoms with Crippen LogP contribution in [0.5, 0.6) is 0 Å². The summed E-state index contributed by atoms with van der Waals surface area (Å²) in [5, 5.41) is 14.6. The van der Waals surface area contributed by atoms with Gasteiger partial charge in [-0.1, -0.05) is 38.4 Å². The van der Waals surface area contributed by atoms with Gasteiger partial charge in [-0.15, -0.1) is 0 Å². The van der Waals surface area contributed by atoms with Gasteiger partial charge in [-0.25, -0.2) is 0 Å². The summed E-state index contributed by atoms with van der Waals surface area (Å²) < 4.78 is 0. The van der Waals surface area contributed by atoms with E-state index >= 15 is 0 Å². The fourth-order valence-electron chi connectivity index (χ4n) is 2.34. The number of hydrogen-bond donors (Lipinski definition) is 1. The molecule has 0 radical (unpaired) electrons. The number of rotatable bonds is 8. The average Bonchev–Trinajstić information content (AvgIpc) is 2.36. The molecule has 1 rings (SSSR count). The maximum Gasteiger partial charge on any atom is 0.270 e. The van der Waals surface area contributed by atoms with Gasteiger partial charge < -0.3 is 5.32 Å². The van der Waals surface area contributed by atoms with Gasteiger partial charge in [-0.3, -0.25) is 10.1 Å². The summed E-state index contributed by atoms with van der Waals surface area (Å²) >= 11 is 6.11. The minimum absolute atomic E-state index is 0.0455. The molecule has 5 heteroatoms. The van der Waals surface area contributed by atoms with E-state index in [1.54, 1.807) is 6.07 Å². The second-order valence-electron chi connectivity index (χ2n) is 5.46. The minimum atomic E-state index is -0.421. The third kappa shape index (κ3) is 5.47. The van der Waals surface area contributed by atoms with Gasteiger partial charge in [0.1, 0.15) is 0 Å². The van der Waals surface area contributed by atoms with E-state index in [1.165, 1.54) is 12.1 Å². The van der Waals surface area contributed by atoms with Crippen LogP contribution < -0.4 is 5.32 Å². The van der Waals surface area contributed by atoms with Crippen LogP contribution in [0.3, 0.4) is 0 Å². The predicted octanol–water partition coefficient (Wildman–Crippen LogP) is 4.21. The molecule has 20 heavy (non-hydrogen) atoms. The molecule has 1 aromatic rings. The molecule has 0 spiro atoms. The number of nitrogens with zero attached hydrogens (tertiary/aromatic N) is 1. The Hall–Kier alpha value is -1.13. The molecule has 0 aliphatic heterocycles. The van der Waals surface area contributed by atoms with Crippen molar-refractivity contribution in [1.82, 2.24) is 5.32 Å². The molecule has 0 heterocycles. The molecule has 1 unspecified atom stereocenters. The fourth-order valence-corrected chi connectivity index (χ4v) is 2.61. The molecule has 0 saturated carbocycles. The third-order valence-electron chi connectivity index (χ3n) is 3.26. The van der Waals surface area contributed by atoms with E-state index in [9.17, 15) is 10.1 Å². The SMILES string of the molecule is CCNC(CCc1ccc([N+](=O)[O-])cc1Cl)CC(C)C. The van der Waals surface area contributed by atoms with Crippen molar-refractivity contribution in [3.05, 3.63) is 38.9 Å². The van der Waals surface area contributed by atoms with Crippen LogP contribution in [0.2, 0.25) is 5.02 Å². The number of non-ortho nitro benzene ring substituents is 1. The number of hydrogen-bond acceptors (Lipinski definition) is 3. The molecule has 0 saturated heterocycles. The number of nitro groups is 1. The molecular weight excluding hydrogens is 276 g/mol. The van der Waals surface area contributed by atoms with Crippen LogP contribution in [0.25, 0.3) is 0 Å². The number of benzene rings is 1. The molecule has 112 valence electrons. The lowest BCUT2D eigenvalue weighted by Gasteiger charge is -2.20. The number of halogens is 1. The molecular formula is C15H23ClN2O2. The van der Waals surface area contributed by atoms with E-state index in [4.69, 9.17) is 11.6 Å². The maximum absolute atomic E-state index is 10.7. The van der Waals surface area contributed by atoms with Crippen molar-refractivity contribution >= 4 is 17.3 Å². The molecule has 0 aliphatic carbocycles. The van der Waals surface area contributed by atoms with Crippen molar-refractivity contribution in [2.24, 2.45) is 5.92 Å². The summed E-state index contributed by atoms with van der Waals surface area (Å²) in [7, 11) is 0. The molecule has 0 fully saturated rings. The highest BCUT2D eigenvalue weighted by atomic mass is 35.5. The van der Waals surface area contributed by atoms with Crippen molar-refractivity contribution in [3.63, 3.8) is 0 Å². The first kappa shape index (κ1) is 16.9. The molecule has 4 nitrogen and oxygen atoms in total. The van der Waals surface area contributed by atoms with Gasteiger partial charge in [0.15, 0.2) is 0 Å². The lowest BCUT2D eigenvalue weighted by molar-refractivity contribution is -0.384. The van der Waals surface area contributed by atoms with E-state index < -0.39 is 4.92 Å². The zero-order chi connectivity index (χ0) is 15.1. The van der Waals surface area contributed by atoms with Gasteiger partial charge in [-0.2, -0.15) is 0 Å². The number of nitro benzene ring substituents is 1. The van der Waals surface area contributed by atoms with Crippen LogP contribution in [-0.2, 0) is 6.42 Å². The van der Waals surface area contributed by atoms with Crippen molar-refractivity contribution in [1.29, 1.82) is 0 Å². The fraction of sp³-hybridized carbons (Fsp3) is 0.600. The zero-order valence-electron chi connectivity index (χ0n) is 12.4. The Kier molecular flexibility index (Phi) is 6.96. The van der Waals surface area contributed by atoms with Crippen LogP contribution in [0.4, 0.5) is 5.69 Å². The first-order chi connectivity index (χ1) is 9.43. The summed E-state index contributed by atoms with van der Waals surface area (Å²) in [5.74, 6) is 0.645. The maximum atomic E-state index is 10.7. The van der Waals surface area contributed by atoms with Gasteiger partial charge >= 0.3 is 0 Å². The standard InChI is InChI=1S/C15H23ClN2O2/c1-4-17-13(9-11(2)3)7-5-12-6-8-14(18(19)20)10-15(12)16/h6,8,10-11,13,17H,4-5,7,9H2,1-3H3.